The smallest absolute Gasteiger partial charge is 0.261 e. The Balaban J connectivity index is 1.78. The Hall–Kier alpha value is -2.96. The quantitative estimate of drug-likeness (QED) is 0.714. The van der Waals surface area contributed by atoms with Crippen molar-refractivity contribution in [3.63, 3.8) is 0 Å². The number of halogens is 1. The molecule has 0 fully saturated rings. The Morgan fingerprint density at radius 2 is 2.04 bits per heavy atom. The molecular formula is C20H16ClN3O3. The van der Waals surface area contributed by atoms with Crippen LogP contribution in [0.5, 0.6) is 0 Å². The number of benzene rings is 2. The number of hydrogen-bond donors (Lipinski definition) is 2. The Morgan fingerprint density at radius 3 is 2.85 bits per heavy atom. The summed E-state index contributed by atoms with van der Waals surface area (Å²) in [6.45, 7) is 0. The van der Waals surface area contributed by atoms with Crippen molar-refractivity contribution < 1.29 is 14.7 Å². The molecule has 0 aliphatic carbocycles. The van der Waals surface area contributed by atoms with Gasteiger partial charge in [0.05, 0.1) is 24.0 Å². The van der Waals surface area contributed by atoms with Gasteiger partial charge in [0.1, 0.15) is 0 Å². The molecule has 1 aliphatic rings. The molecule has 2 heterocycles. The fraction of sp³-hybridized carbons (Fsp3) is 0.150. The van der Waals surface area contributed by atoms with Gasteiger partial charge in [-0.2, -0.15) is 0 Å². The van der Waals surface area contributed by atoms with Gasteiger partial charge >= 0.3 is 0 Å². The first-order chi connectivity index (χ1) is 12.9. The fourth-order valence-corrected chi connectivity index (χ4v) is 3.52. The maximum Gasteiger partial charge on any atom is 0.261 e. The Kier molecular flexibility index (Phi) is 4.09. The molecule has 0 spiro atoms. The third-order valence-corrected chi connectivity index (χ3v) is 5.07. The van der Waals surface area contributed by atoms with Crippen LogP contribution in [0.4, 0.5) is 11.4 Å². The minimum Gasteiger partial charge on any atom is -0.375 e. The normalized spacial score (nSPS) is 19.1. The van der Waals surface area contributed by atoms with Crippen LogP contribution < -0.4 is 10.2 Å². The van der Waals surface area contributed by atoms with E-state index in [1.165, 1.54) is 17.2 Å². The lowest BCUT2D eigenvalue weighted by atomic mass is 9.84. The third-order valence-electron chi connectivity index (χ3n) is 4.84. The number of nitrogens with zero attached hydrogens (tertiary/aromatic N) is 2. The molecule has 2 aromatic carbocycles. The molecule has 2 amide bonds. The van der Waals surface area contributed by atoms with E-state index in [2.05, 4.69) is 10.3 Å². The van der Waals surface area contributed by atoms with Crippen molar-refractivity contribution in [2.24, 2.45) is 0 Å². The average molecular weight is 382 g/mol. The van der Waals surface area contributed by atoms with Gasteiger partial charge in [-0.15, -0.1) is 0 Å². The lowest BCUT2D eigenvalue weighted by molar-refractivity contribution is -0.142. The van der Waals surface area contributed by atoms with Crippen LogP contribution in [0.3, 0.4) is 0 Å². The number of fused-ring (bicyclic) bond motifs is 2. The van der Waals surface area contributed by atoms with Crippen LogP contribution in [0.25, 0.3) is 10.8 Å². The lowest BCUT2D eigenvalue weighted by Crippen LogP contribution is -2.49. The van der Waals surface area contributed by atoms with Gasteiger partial charge < -0.3 is 15.3 Å². The number of hydrogen-bond acceptors (Lipinski definition) is 4. The Labute approximate surface area is 160 Å². The van der Waals surface area contributed by atoms with E-state index in [1.807, 2.05) is 24.3 Å². The van der Waals surface area contributed by atoms with E-state index >= 15 is 0 Å². The highest BCUT2D eigenvalue weighted by molar-refractivity contribution is 6.31. The molecule has 1 atom stereocenters. The van der Waals surface area contributed by atoms with Crippen LogP contribution in [-0.2, 0) is 15.2 Å². The average Bonchev–Trinajstić information content (AvgIpc) is 2.66. The molecule has 27 heavy (non-hydrogen) atoms. The van der Waals surface area contributed by atoms with Crippen LogP contribution in [0.2, 0.25) is 5.02 Å². The van der Waals surface area contributed by atoms with E-state index in [4.69, 9.17) is 11.6 Å². The summed E-state index contributed by atoms with van der Waals surface area (Å²) in [6.07, 6.45) is 2.83. The number of aromatic nitrogens is 1. The zero-order valence-corrected chi connectivity index (χ0v) is 15.2. The first-order valence-corrected chi connectivity index (χ1v) is 8.71. The number of anilines is 2. The summed E-state index contributed by atoms with van der Waals surface area (Å²) >= 11 is 6.07. The SMILES string of the molecule is CN1C(=O)CC(O)(C(=O)Nc2cncc3ccccc23)c2cc(Cl)ccc21. The van der Waals surface area contributed by atoms with Crippen LogP contribution in [-0.4, -0.2) is 29.0 Å². The zero-order chi connectivity index (χ0) is 19.2. The number of carbonyl (C=O) groups is 2. The molecule has 0 saturated carbocycles. The molecule has 136 valence electrons. The van der Waals surface area contributed by atoms with E-state index in [9.17, 15) is 14.7 Å². The molecule has 6 nitrogen and oxygen atoms in total. The summed E-state index contributed by atoms with van der Waals surface area (Å²) in [6, 6.07) is 12.2. The molecular weight excluding hydrogens is 366 g/mol. The van der Waals surface area contributed by atoms with Gasteiger partial charge in [0.2, 0.25) is 5.91 Å². The van der Waals surface area contributed by atoms with E-state index in [-0.39, 0.29) is 12.3 Å². The Bertz CT molecular complexity index is 1080. The van der Waals surface area contributed by atoms with Gasteiger partial charge in [-0.05, 0) is 18.2 Å². The number of aliphatic hydroxyl groups is 1. The minimum atomic E-state index is -2.03. The zero-order valence-electron chi connectivity index (χ0n) is 14.4. The van der Waals surface area contributed by atoms with E-state index < -0.39 is 11.5 Å². The second kappa shape index (κ2) is 6.33. The highest BCUT2D eigenvalue weighted by atomic mass is 35.5. The second-order valence-electron chi connectivity index (χ2n) is 6.51. The minimum absolute atomic E-state index is 0.294. The summed E-state index contributed by atoms with van der Waals surface area (Å²) in [4.78, 5) is 31.0. The van der Waals surface area contributed by atoms with Gasteiger partial charge in [-0.1, -0.05) is 35.9 Å². The number of nitrogens with one attached hydrogen (secondary N) is 1. The molecule has 0 saturated heterocycles. The van der Waals surface area contributed by atoms with Gasteiger partial charge in [0, 0.05) is 34.6 Å². The van der Waals surface area contributed by atoms with Gasteiger partial charge in [0.15, 0.2) is 5.60 Å². The monoisotopic (exact) mass is 381 g/mol. The first kappa shape index (κ1) is 17.5. The molecule has 2 N–H and O–H groups in total. The van der Waals surface area contributed by atoms with E-state index in [0.717, 1.165) is 10.8 Å². The Morgan fingerprint density at radius 1 is 1.26 bits per heavy atom. The summed E-state index contributed by atoms with van der Waals surface area (Å²) < 4.78 is 0. The predicted molar refractivity (Wildman–Crippen MR) is 104 cm³/mol. The van der Waals surface area contributed by atoms with E-state index in [0.29, 0.717) is 22.0 Å². The second-order valence-corrected chi connectivity index (χ2v) is 6.95. The number of carbonyl (C=O) groups excluding carboxylic acids is 2. The predicted octanol–water partition coefficient (Wildman–Crippen LogP) is 3.08. The van der Waals surface area contributed by atoms with E-state index in [1.54, 1.807) is 25.4 Å². The standard InChI is InChI=1S/C20H16ClN3O3/c1-24-17-7-6-13(21)8-15(17)20(27,9-18(24)25)19(26)23-16-11-22-10-12-4-2-3-5-14(12)16/h2-8,10-11,27H,9H2,1H3,(H,23,26). The van der Waals surface area contributed by atoms with Crippen molar-refractivity contribution >= 4 is 45.6 Å². The van der Waals surface area contributed by atoms with Crippen molar-refractivity contribution in [1.82, 2.24) is 4.98 Å². The molecule has 1 unspecified atom stereocenters. The molecule has 0 radical (unpaired) electrons. The summed E-state index contributed by atoms with van der Waals surface area (Å²) in [5, 5.41) is 15.9. The third kappa shape index (κ3) is 2.83. The van der Waals surface area contributed by atoms with Gasteiger partial charge in [0.25, 0.3) is 5.91 Å². The van der Waals surface area contributed by atoms with Crippen LogP contribution in [0.1, 0.15) is 12.0 Å². The lowest BCUT2D eigenvalue weighted by Gasteiger charge is -2.37. The van der Waals surface area contributed by atoms with Crippen molar-refractivity contribution in [2.75, 3.05) is 17.3 Å². The maximum atomic E-state index is 13.1. The van der Waals surface area contributed by atoms with Crippen LogP contribution in [0, 0.1) is 0 Å². The van der Waals surface area contributed by atoms with Crippen LogP contribution >= 0.6 is 11.6 Å². The molecule has 1 aromatic heterocycles. The van der Waals surface area contributed by atoms with Gasteiger partial charge in [-0.3, -0.25) is 14.6 Å². The molecule has 7 heteroatoms. The summed E-state index contributed by atoms with van der Waals surface area (Å²) in [5.74, 6) is -1.07. The molecule has 4 rings (SSSR count). The molecule has 0 bridgehead atoms. The molecule has 3 aromatic rings. The maximum absolute atomic E-state index is 13.1. The van der Waals surface area contributed by atoms with Gasteiger partial charge in [-0.25, -0.2) is 0 Å². The highest BCUT2D eigenvalue weighted by Crippen LogP contribution is 2.40. The number of pyridine rings is 1. The van der Waals surface area contributed by atoms with Crippen molar-refractivity contribution in [3.05, 3.63) is 65.4 Å². The molecule has 1 aliphatic heterocycles. The summed E-state index contributed by atoms with van der Waals surface area (Å²) in [5.41, 5.74) is -0.825. The highest BCUT2D eigenvalue weighted by Gasteiger charge is 2.47. The van der Waals surface area contributed by atoms with Crippen molar-refractivity contribution in [3.8, 4) is 0 Å². The summed E-state index contributed by atoms with van der Waals surface area (Å²) in [7, 11) is 1.60. The first-order valence-electron chi connectivity index (χ1n) is 8.33. The topological polar surface area (TPSA) is 82.5 Å². The largest absolute Gasteiger partial charge is 0.375 e. The van der Waals surface area contributed by atoms with Crippen molar-refractivity contribution in [2.45, 2.75) is 12.0 Å². The fourth-order valence-electron chi connectivity index (χ4n) is 3.34. The van der Waals surface area contributed by atoms with Crippen LogP contribution in [0.15, 0.2) is 54.9 Å². The van der Waals surface area contributed by atoms with Crippen molar-refractivity contribution in [1.29, 1.82) is 0 Å². The number of amides is 2. The number of rotatable bonds is 2.